The summed E-state index contributed by atoms with van der Waals surface area (Å²) in [5.41, 5.74) is 0.259. The molecule has 5 nitrogen and oxygen atoms in total. The van der Waals surface area contributed by atoms with E-state index in [-0.39, 0.29) is 35.1 Å². The number of alkyl halides is 7. The lowest BCUT2D eigenvalue weighted by Gasteiger charge is -2.20. The van der Waals surface area contributed by atoms with Crippen LogP contribution in [0.15, 0.2) is 182 Å². The molecule has 0 aliphatic carbocycles. The van der Waals surface area contributed by atoms with Crippen LogP contribution in [0.1, 0.15) is 11.1 Å². The molecule has 21 heteroatoms. The van der Waals surface area contributed by atoms with E-state index in [0.717, 1.165) is 16.7 Å². The molecule has 0 aliphatic heterocycles. The van der Waals surface area contributed by atoms with Crippen LogP contribution in [0, 0.1) is 52.4 Å². The van der Waals surface area contributed by atoms with E-state index in [1.165, 1.54) is 36.4 Å². The number of halogens is 16. The van der Waals surface area contributed by atoms with Crippen LogP contribution in [-0.4, -0.2) is 16.3 Å². The Morgan fingerprint density at radius 1 is 0.316 bits per heavy atom. The van der Waals surface area contributed by atoms with Crippen molar-refractivity contribution in [3.8, 4) is 62.0 Å². The van der Waals surface area contributed by atoms with Crippen LogP contribution >= 0.6 is 0 Å². The van der Waals surface area contributed by atoms with Gasteiger partial charge in [0.15, 0.2) is 34.8 Å². The third-order valence-corrected chi connectivity index (χ3v) is 10.3. The van der Waals surface area contributed by atoms with Crippen molar-refractivity contribution in [3.63, 3.8) is 0 Å². The van der Waals surface area contributed by atoms with Crippen LogP contribution < -0.4 is 14.2 Å². The minimum atomic E-state index is -5.21. The summed E-state index contributed by atoms with van der Waals surface area (Å²) in [5.74, 6) is -16.6. The molecule has 0 unspecified atom stereocenters. The summed E-state index contributed by atoms with van der Waals surface area (Å²) < 4.78 is 228. The fraction of sp³-hybridized carbons (Fsp3) is 0.0545. The molecule has 0 saturated heterocycles. The number of nitrogens with zero attached hydrogens (tertiary/aromatic N) is 2. The van der Waals surface area contributed by atoms with Crippen LogP contribution in [0.25, 0.3) is 44.8 Å². The molecule has 1 aromatic heterocycles. The highest BCUT2D eigenvalue weighted by atomic mass is 19.4. The monoisotopic (exact) mass is 1070 g/mol. The van der Waals surface area contributed by atoms with Crippen molar-refractivity contribution >= 4 is 0 Å². The minimum Gasteiger partial charge on any atom is -0.429 e. The van der Waals surface area contributed by atoms with Gasteiger partial charge >= 0.3 is 18.6 Å². The highest BCUT2D eigenvalue weighted by molar-refractivity contribution is 5.68. The van der Waals surface area contributed by atoms with Gasteiger partial charge in [0.25, 0.3) is 0 Å². The summed E-state index contributed by atoms with van der Waals surface area (Å²) in [6, 6.07) is 35.9. The third kappa shape index (κ3) is 13.8. The van der Waals surface area contributed by atoms with E-state index in [1.54, 1.807) is 67.0 Å². The molecule has 9 aromatic rings. The normalized spacial score (nSPS) is 11.4. The first-order valence-electron chi connectivity index (χ1n) is 21.5. The van der Waals surface area contributed by atoms with E-state index in [2.05, 4.69) is 24.2 Å². The van der Waals surface area contributed by atoms with Gasteiger partial charge in [-0.05, 0) is 88.0 Å². The van der Waals surface area contributed by atoms with Gasteiger partial charge in [-0.25, -0.2) is 49.5 Å². The van der Waals surface area contributed by atoms with Gasteiger partial charge in [0, 0.05) is 36.2 Å². The maximum Gasteiger partial charge on any atom is 0.573 e. The average Bonchev–Trinajstić information content (AvgIpc) is 3.37. The second-order valence-electron chi connectivity index (χ2n) is 15.6. The van der Waals surface area contributed by atoms with Crippen molar-refractivity contribution in [2.75, 3.05) is 0 Å². The van der Waals surface area contributed by atoms with Crippen LogP contribution in [0.2, 0.25) is 0 Å². The summed E-state index contributed by atoms with van der Waals surface area (Å²) >= 11 is 0. The Bertz CT molecular complexity index is 3360. The highest BCUT2D eigenvalue weighted by Crippen LogP contribution is 2.40. The summed E-state index contributed by atoms with van der Waals surface area (Å²) in [6.07, 6.45) is -11.0. The molecule has 8 aromatic carbocycles. The number of benzene rings is 8. The first-order chi connectivity index (χ1) is 36.0. The van der Waals surface area contributed by atoms with Crippen molar-refractivity contribution in [2.24, 2.45) is 0 Å². The van der Waals surface area contributed by atoms with Crippen molar-refractivity contribution in [2.45, 2.75) is 18.6 Å². The smallest absolute Gasteiger partial charge is 0.429 e. The van der Waals surface area contributed by atoms with Gasteiger partial charge in [-0.3, -0.25) is 0 Å². The van der Waals surface area contributed by atoms with E-state index in [9.17, 15) is 70.2 Å². The number of hydrogen-bond acceptors (Lipinski definition) is 5. The quantitative estimate of drug-likeness (QED) is 0.0954. The van der Waals surface area contributed by atoms with E-state index in [0.29, 0.717) is 53.3 Å². The van der Waals surface area contributed by atoms with Gasteiger partial charge in [0.2, 0.25) is 0 Å². The van der Waals surface area contributed by atoms with E-state index < -0.39 is 93.5 Å². The van der Waals surface area contributed by atoms with Crippen molar-refractivity contribution in [3.05, 3.63) is 246 Å². The molecule has 0 bridgehead atoms. The zero-order valence-electron chi connectivity index (χ0n) is 38.0. The zero-order valence-corrected chi connectivity index (χ0v) is 38.0. The molecule has 0 atom stereocenters. The number of aromatic nitrogens is 2. The van der Waals surface area contributed by atoms with Crippen molar-refractivity contribution in [1.29, 1.82) is 0 Å². The Hall–Kier alpha value is -8.88. The molecule has 1 heterocycles. The Kier molecular flexibility index (Phi) is 16.7. The maximum absolute atomic E-state index is 14.4. The Morgan fingerprint density at radius 3 is 1.12 bits per heavy atom. The second-order valence-corrected chi connectivity index (χ2v) is 15.6. The molecule has 0 aliphatic rings. The standard InChI is InChI=1S/C20H10F8O2.C19H9F7O.C16H11FN2/c21-14-10-13(6-7-17(14)30-20(26,27)28)29-19(24,25)18-15(22)8-12(9-16(18)23)11-4-2-1-3-5-11;20-13-6-11(10-4-2-1-3-5-10)7-14(21)17(13)19(25,26)27-12-8-15(22)18(24)16(23)9-12;17-15-8-6-13(7-9-15)12-2-4-14(5-3-12)16-18-10-1-11-19-16/h1-10H;1-9H;1-11H. The first kappa shape index (κ1) is 54.9. The molecule has 0 spiro atoms. The second kappa shape index (κ2) is 23.1. The first-order valence-corrected chi connectivity index (χ1v) is 21.5. The van der Waals surface area contributed by atoms with Gasteiger partial charge in [-0.1, -0.05) is 97.1 Å². The Balaban J connectivity index is 0.000000170. The summed E-state index contributed by atoms with van der Waals surface area (Å²) in [7, 11) is 0. The topological polar surface area (TPSA) is 53.5 Å². The lowest BCUT2D eigenvalue weighted by molar-refractivity contribution is -0.275. The Morgan fingerprint density at radius 2 is 0.697 bits per heavy atom. The number of ether oxygens (including phenoxy) is 3. The zero-order chi connectivity index (χ0) is 55.0. The molecule has 0 amide bonds. The van der Waals surface area contributed by atoms with E-state index in [4.69, 9.17) is 0 Å². The third-order valence-electron chi connectivity index (χ3n) is 10.3. The fourth-order valence-corrected chi connectivity index (χ4v) is 6.94. The molecule has 0 N–H and O–H groups in total. The van der Waals surface area contributed by atoms with Crippen LogP contribution in [0.4, 0.5) is 70.2 Å². The molecule has 390 valence electrons. The summed E-state index contributed by atoms with van der Waals surface area (Å²) in [6.45, 7) is 0. The maximum atomic E-state index is 14.4. The van der Waals surface area contributed by atoms with Crippen molar-refractivity contribution in [1.82, 2.24) is 9.97 Å². The molecule has 76 heavy (non-hydrogen) atoms. The van der Waals surface area contributed by atoms with E-state index in [1.807, 2.05) is 24.3 Å². The predicted molar refractivity (Wildman–Crippen MR) is 245 cm³/mol. The molecule has 0 radical (unpaired) electrons. The van der Waals surface area contributed by atoms with Crippen LogP contribution in [-0.2, 0) is 12.2 Å². The number of hydrogen-bond donors (Lipinski definition) is 0. The van der Waals surface area contributed by atoms with Crippen LogP contribution in [0.5, 0.6) is 17.2 Å². The van der Waals surface area contributed by atoms with Gasteiger partial charge < -0.3 is 14.2 Å². The van der Waals surface area contributed by atoms with Gasteiger partial charge in [0.1, 0.15) is 51.7 Å². The van der Waals surface area contributed by atoms with E-state index >= 15 is 0 Å². The van der Waals surface area contributed by atoms with Gasteiger partial charge in [0.05, 0.1) is 0 Å². The summed E-state index contributed by atoms with van der Waals surface area (Å²) in [4.78, 5) is 8.40. The number of rotatable bonds is 11. The highest BCUT2D eigenvalue weighted by Gasteiger charge is 2.43. The van der Waals surface area contributed by atoms with Gasteiger partial charge in [-0.2, -0.15) is 17.6 Å². The van der Waals surface area contributed by atoms with Crippen LogP contribution in [0.3, 0.4) is 0 Å². The Labute approximate surface area is 419 Å². The van der Waals surface area contributed by atoms with Crippen molar-refractivity contribution < 1.29 is 84.5 Å². The van der Waals surface area contributed by atoms with Gasteiger partial charge in [-0.15, -0.1) is 13.2 Å². The fourth-order valence-electron chi connectivity index (χ4n) is 6.94. The lowest BCUT2D eigenvalue weighted by atomic mass is 10.0. The molecule has 9 rings (SSSR count). The largest absolute Gasteiger partial charge is 0.573 e. The molecular formula is C55H30F16N2O3. The predicted octanol–water partition coefficient (Wildman–Crippen LogP) is 16.9. The summed E-state index contributed by atoms with van der Waals surface area (Å²) in [5, 5.41) is 0. The molecule has 0 saturated carbocycles. The molecular weight excluding hydrogens is 1040 g/mol. The average molecular weight is 1070 g/mol. The molecule has 0 fully saturated rings. The minimum absolute atomic E-state index is 0.00372. The SMILES string of the molecule is Fc1cc(OC(F)(F)c2c(F)cc(-c3ccccc3)cc2F)cc(F)c1F.Fc1cc(OC(F)(F)c2c(F)cc(-c3ccccc3)cc2F)ccc1OC(F)(F)F.Fc1ccc(-c2ccc(-c3ncccn3)cc2)cc1. The lowest BCUT2D eigenvalue weighted by Crippen LogP contribution is -2.25.